The number of imidazole rings is 1. The second kappa shape index (κ2) is 3.18. The zero-order valence-corrected chi connectivity index (χ0v) is 8.14. The van der Waals surface area contributed by atoms with Gasteiger partial charge in [0.2, 0.25) is 0 Å². The van der Waals surface area contributed by atoms with Crippen molar-refractivity contribution in [1.29, 1.82) is 0 Å². The van der Waals surface area contributed by atoms with Gasteiger partial charge in [-0.05, 0) is 17.8 Å². The number of aromatic amines is 1. The molecule has 0 aliphatic heterocycles. The minimum Gasteiger partial charge on any atom is -0.331 e. The van der Waals surface area contributed by atoms with Gasteiger partial charge in [-0.2, -0.15) is 0 Å². The van der Waals surface area contributed by atoms with Gasteiger partial charge in [0.1, 0.15) is 0 Å². The lowest BCUT2D eigenvalue weighted by Crippen LogP contribution is -1.81. The molecule has 66 valence electrons. The Morgan fingerprint density at radius 2 is 1.92 bits per heavy atom. The second-order valence-corrected chi connectivity index (χ2v) is 3.34. The normalized spacial score (nSPS) is 10.2. The maximum atomic E-state index is 5.08. The van der Waals surface area contributed by atoms with Crippen LogP contribution in [0.25, 0.3) is 11.3 Å². The van der Waals surface area contributed by atoms with Crippen molar-refractivity contribution >= 4 is 12.2 Å². The van der Waals surface area contributed by atoms with Crippen molar-refractivity contribution in [2.75, 3.05) is 0 Å². The van der Waals surface area contributed by atoms with E-state index < -0.39 is 0 Å². The number of aryl methyl sites for hydroxylation is 1. The summed E-state index contributed by atoms with van der Waals surface area (Å²) in [5.41, 5.74) is 2.22. The maximum absolute atomic E-state index is 5.08. The van der Waals surface area contributed by atoms with Crippen LogP contribution in [0.4, 0.5) is 0 Å². The number of nitrogens with one attached hydrogen (secondary N) is 1. The fourth-order valence-electron chi connectivity index (χ4n) is 1.25. The Morgan fingerprint density at radius 1 is 1.23 bits per heavy atom. The standard InChI is InChI=1S/C10H10N2S/c1-12-7-9(11-10(12)13)8-5-3-2-4-6-8/h2-7H,1H3,(H,11,13). The van der Waals surface area contributed by atoms with Crippen LogP contribution in [0.1, 0.15) is 0 Å². The van der Waals surface area contributed by atoms with Crippen LogP contribution < -0.4 is 0 Å². The summed E-state index contributed by atoms with van der Waals surface area (Å²) >= 11 is 5.08. The molecule has 0 aliphatic rings. The number of H-pyrrole nitrogens is 1. The van der Waals surface area contributed by atoms with E-state index in [2.05, 4.69) is 17.1 Å². The first-order valence-electron chi connectivity index (χ1n) is 4.08. The van der Waals surface area contributed by atoms with Crippen molar-refractivity contribution in [3.8, 4) is 11.3 Å². The summed E-state index contributed by atoms with van der Waals surface area (Å²) in [6.45, 7) is 0. The second-order valence-electron chi connectivity index (χ2n) is 2.95. The summed E-state index contributed by atoms with van der Waals surface area (Å²) < 4.78 is 2.65. The highest BCUT2D eigenvalue weighted by molar-refractivity contribution is 7.71. The first kappa shape index (κ1) is 8.26. The number of benzene rings is 1. The number of hydrogen-bond acceptors (Lipinski definition) is 1. The van der Waals surface area contributed by atoms with E-state index in [1.54, 1.807) is 0 Å². The van der Waals surface area contributed by atoms with Gasteiger partial charge < -0.3 is 9.55 Å². The van der Waals surface area contributed by atoms with Crippen molar-refractivity contribution in [3.05, 3.63) is 41.3 Å². The van der Waals surface area contributed by atoms with Crippen LogP contribution in [0.2, 0.25) is 0 Å². The van der Waals surface area contributed by atoms with Crippen LogP contribution in [0.15, 0.2) is 36.5 Å². The van der Waals surface area contributed by atoms with Crippen molar-refractivity contribution in [2.24, 2.45) is 7.05 Å². The largest absolute Gasteiger partial charge is 0.331 e. The molecule has 0 spiro atoms. The molecule has 0 radical (unpaired) electrons. The average Bonchev–Trinajstić information content (AvgIpc) is 2.49. The Balaban J connectivity index is 2.54. The summed E-state index contributed by atoms with van der Waals surface area (Å²) in [7, 11) is 1.94. The molecule has 0 fully saturated rings. The third kappa shape index (κ3) is 1.55. The van der Waals surface area contributed by atoms with Gasteiger partial charge in [0, 0.05) is 13.2 Å². The van der Waals surface area contributed by atoms with E-state index in [9.17, 15) is 0 Å². The van der Waals surface area contributed by atoms with E-state index in [4.69, 9.17) is 12.2 Å². The van der Waals surface area contributed by atoms with Gasteiger partial charge in [0.25, 0.3) is 0 Å². The van der Waals surface area contributed by atoms with E-state index in [0.717, 1.165) is 16.0 Å². The highest BCUT2D eigenvalue weighted by atomic mass is 32.1. The Bertz CT molecular complexity index is 453. The van der Waals surface area contributed by atoms with Gasteiger partial charge in [-0.25, -0.2) is 0 Å². The highest BCUT2D eigenvalue weighted by Crippen LogP contribution is 2.15. The molecule has 0 aliphatic carbocycles. The molecule has 3 heteroatoms. The lowest BCUT2D eigenvalue weighted by Gasteiger charge is -1.93. The molecule has 1 aromatic carbocycles. The Kier molecular flexibility index (Phi) is 2.02. The van der Waals surface area contributed by atoms with Gasteiger partial charge in [-0.3, -0.25) is 0 Å². The first-order valence-corrected chi connectivity index (χ1v) is 4.49. The zero-order valence-electron chi connectivity index (χ0n) is 7.32. The first-order chi connectivity index (χ1) is 6.27. The molecule has 1 heterocycles. The maximum Gasteiger partial charge on any atom is 0.177 e. The number of aromatic nitrogens is 2. The van der Waals surface area contributed by atoms with E-state index in [1.807, 2.05) is 36.0 Å². The van der Waals surface area contributed by atoms with Crippen LogP contribution >= 0.6 is 12.2 Å². The molecule has 0 unspecified atom stereocenters. The van der Waals surface area contributed by atoms with Crippen molar-refractivity contribution in [2.45, 2.75) is 0 Å². The number of nitrogens with zero attached hydrogens (tertiary/aromatic N) is 1. The SMILES string of the molecule is Cn1cc(-c2ccccc2)[nH]c1=S. The fourth-order valence-corrected chi connectivity index (χ4v) is 1.42. The van der Waals surface area contributed by atoms with Crippen LogP contribution in [0, 0.1) is 4.77 Å². The Hall–Kier alpha value is -1.35. The number of hydrogen-bond donors (Lipinski definition) is 1. The molecule has 2 aromatic rings. The molecule has 0 bridgehead atoms. The molecule has 2 rings (SSSR count). The monoisotopic (exact) mass is 190 g/mol. The minimum absolute atomic E-state index is 0.749. The smallest absolute Gasteiger partial charge is 0.177 e. The quantitative estimate of drug-likeness (QED) is 0.686. The summed E-state index contributed by atoms with van der Waals surface area (Å²) in [6.07, 6.45) is 2.00. The average molecular weight is 190 g/mol. The topological polar surface area (TPSA) is 20.7 Å². The Morgan fingerprint density at radius 3 is 2.46 bits per heavy atom. The predicted octanol–water partition coefficient (Wildman–Crippen LogP) is 2.75. The van der Waals surface area contributed by atoms with Crippen molar-refractivity contribution < 1.29 is 0 Å². The predicted molar refractivity (Wildman–Crippen MR) is 56.0 cm³/mol. The van der Waals surface area contributed by atoms with E-state index in [0.29, 0.717) is 0 Å². The van der Waals surface area contributed by atoms with Crippen molar-refractivity contribution in [3.63, 3.8) is 0 Å². The van der Waals surface area contributed by atoms with Gasteiger partial charge in [-0.15, -0.1) is 0 Å². The van der Waals surface area contributed by atoms with E-state index in [-0.39, 0.29) is 0 Å². The van der Waals surface area contributed by atoms with Crippen LogP contribution in [0.5, 0.6) is 0 Å². The van der Waals surface area contributed by atoms with Crippen LogP contribution in [-0.4, -0.2) is 9.55 Å². The van der Waals surface area contributed by atoms with Gasteiger partial charge >= 0.3 is 0 Å². The van der Waals surface area contributed by atoms with Gasteiger partial charge in [0.05, 0.1) is 5.69 Å². The van der Waals surface area contributed by atoms with Gasteiger partial charge in [0.15, 0.2) is 4.77 Å². The van der Waals surface area contributed by atoms with E-state index in [1.165, 1.54) is 0 Å². The Labute approximate surface area is 81.9 Å². The summed E-state index contributed by atoms with van der Waals surface area (Å²) in [4.78, 5) is 3.14. The lowest BCUT2D eigenvalue weighted by molar-refractivity contribution is 0.894. The summed E-state index contributed by atoms with van der Waals surface area (Å²) in [5, 5.41) is 0. The summed E-state index contributed by atoms with van der Waals surface area (Å²) in [5.74, 6) is 0. The zero-order chi connectivity index (χ0) is 9.26. The van der Waals surface area contributed by atoms with E-state index >= 15 is 0 Å². The third-order valence-electron chi connectivity index (χ3n) is 1.97. The van der Waals surface area contributed by atoms with Crippen LogP contribution in [-0.2, 0) is 7.05 Å². The molecule has 0 amide bonds. The molecule has 1 aromatic heterocycles. The molecular weight excluding hydrogens is 180 g/mol. The molecular formula is C10H10N2S. The third-order valence-corrected chi connectivity index (χ3v) is 2.36. The lowest BCUT2D eigenvalue weighted by atomic mass is 10.2. The van der Waals surface area contributed by atoms with Gasteiger partial charge in [-0.1, -0.05) is 30.3 Å². The number of rotatable bonds is 1. The molecule has 13 heavy (non-hydrogen) atoms. The minimum atomic E-state index is 0.749. The van der Waals surface area contributed by atoms with Crippen molar-refractivity contribution in [1.82, 2.24) is 9.55 Å². The van der Waals surface area contributed by atoms with Crippen LogP contribution in [0.3, 0.4) is 0 Å². The fraction of sp³-hybridized carbons (Fsp3) is 0.100. The highest BCUT2D eigenvalue weighted by Gasteiger charge is 1.98. The molecule has 0 saturated heterocycles. The molecule has 2 nitrogen and oxygen atoms in total. The summed E-state index contributed by atoms with van der Waals surface area (Å²) in [6, 6.07) is 10.1. The molecule has 0 atom stereocenters. The molecule has 0 saturated carbocycles. The molecule has 1 N–H and O–H groups in total.